The maximum atomic E-state index is 11.1. The summed E-state index contributed by atoms with van der Waals surface area (Å²) >= 11 is 2.32. The van der Waals surface area contributed by atoms with Crippen molar-refractivity contribution in [2.75, 3.05) is 6.61 Å². The van der Waals surface area contributed by atoms with Crippen molar-refractivity contribution in [2.45, 2.75) is 49.9 Å². The van der Waals surface area contributed by atoms with Crippen LogP contribution >= 0.6 is 22.6 Å². The molecular formula is C10H19IO2. The second-order valence-corrected chi connectivity index (χ2v) is 5.37. The minimum Gasteiger partial charge on any atom is -0.466 e. The first-order valence-electron chi connectivity index (χ1n) is 4.96. The molecule has 0 aliphatic carbocycles. The average molecular weight is 298 g/mol. The van der Waals surface area contributed by atoms with Crippen molar-refractivity contribution in [2.24, 2.45) is 0 Å². The summed E-state index contributed by atoms with van der Waals surface area (Å²) in [5, 5.41) is 0. The number of ether oxygens (including phenoxy) is 1. The SMILES string of the molecule is CCCCCOC(=O)CCC(C)I. The van der Waals surface area contributed by atoms with Gasteiger partial charge < -0.3 is 4.74 Å². The average Bonchev–Trinajstić information content (AvgIpc) is 2.09. The lowest BCUT2D eigenvalue weighted by Crippen LogP contribution is -2.07. The molecule has 0 amide bonds. The van der Waals surface area contributed by atoms with E-state index in [1.54, 1.807) is 0 Å². The lowest BCUT2D eigenvalue weighted by atomic mass is 10.2. The number of carbonyl (C=O) groups is 1. The largest absolute Gasteiger partial charge is 0.466 e. The number of unbranched alkanes of at least 4 members (excludes halogenated alkanes) is 2. The zero-order valence-electron chi connectivity index (χ0n) is 8.51. The molecule has 0 N–H and O–H groups in total. The zero-order chi connectivity index (χ0) is 10.1. The van der Waals surface area contributed by atoms with Gasteiger partial charge in [-0.05, 0) is 12.8 Å². The van der Waals surface area contributed by atoms with E-state index in [4.69, 9.17) is 4.74 Å². The van der Waals surface area contributed by atoms with Crippen LogP contribution in [0.2, 0.25) is 0 Å². The molecule has 0 heterocycles. The Morgan fingerprint density at radius 3 is 2.69 bits per heavy atom. The van der Waals surface area contributed by atoms with Crippen molar-refractivity contribution in [3.63, 3.8) is 0 Å². The molecule has 0 aliphatic rings. The number of halogens is 1. The van der Waals surface area contributed by atoms with Gasteiger partial charge in [0.1, 0.15) is 0 Å². The van der Waals surface area contributed by atoms with Crippen LogP contribution in [0.3, 0.4) is 0 Å². The van der Waals surface area contributed by atoms with E-state index in [-0.39, 0.29) is 5.97 Å². The lowest BCUT2D eigenvalue weighted by Gasteiger charge is -2.04. The summed E-state index contributed by atoms with van der Waals surface area (Å²) in [5.74, 6) is -0.0420. The number of carbonyl (C=O) groups excluding carboxylic acids is 1. The van der Waals surface area contributed by atoms with Gasteiger partial charge >= 0.3 is 5.97 Å². The molecule has 0 aromatic rings. The Balaban J connectivity index is 3.20. The first-order valence-corrected chi connectivity index (χ1v) is 6.21. The summed E-state index contributed by atoms with van der Waals surface area (Å²) in [5.41, 5.74) is 0. The molecule has 0 radical (unpaired) electrons. The molecule has 78 valence electrons. The second kappa shape index (κ2) is 8.78. The maximum absolute atomic E-state index is 11.1. The highest BCUT2D eigenvalue weighted by Crippen LogP contribution is 2.07. The fourth-order valence-corrected chi connectivity index (χ4v) is 1.24. The van der Waals surface area contributed by atoms with E-state index in [1.165, 1.54) is 6.42 Å². The Kier molecular flexibility index (Phi) is 8.92. The van der Waals surface area contributed by atoms with Gasteiger partial charge in [-0.3, -0.25) is 4.79 Å². The van der Waals surface area contributed by atoms with Crippen molar-refractivity contribution in [1.29, 1.82) is 0 Å². The van der Waals surface area contributed by atoms with Crippen molar-refractivity contribution in [3.8, 4) is 0 Å². The van der Waals surface area contributed by atoms with Crippen LogP contribution in [0.1, 0.15) is 46.0 Å². The van der Waals surface area contributed by atoms with Gasteiger partial charge in [-0.1, -0.05) is 49.3 Å². The normalized spacial score (nSPS) is 12.5. The third kappa shape index (κ3) is 10.1. The van der Waals surface area contributed by atoms with Crippen LogP contribution in [-0.4, -0.2) is 16.5 Å². The number of hydrogen-bond acceptors (Lipinski definition) is 2. The van der Waals surface area contributed by atoms with Gasteiger partial charge in [0.05, 0.1) is 6.61 Å². The van der Waals surface area contributed by atoms with Crippen LogP contribution in [0.5, 0.6) is 0 Å². The van der Waals surface area contributed by atoms with Crippen molar-refractivity contribution in [3.05, 3.63) is 0 Å². The molecule has 0 aromatic carbocycles. The van der Waals surface area contributed by atoms with Crippen LogP contribution in [0.15, 0.2) is 0 Å². The highest BCUT2D eigenvalue weighted by atomic mass is 127. The van der Waals surface area contributed by atoms with Gasteiger partial charge in [-0.15, -0.1) is 0 Å². The van der Waals surface area contributed by atoms with Crippen LogP contribution in [0.4, 0.5) is 0 Å². The molecule has 0 saturated carbocycles. The molecular weight excluding hydrogens is 279 g/mol. The molecule has 3 heteroatoms. The van der Waals surface area contributed by atoms with Crippen LogP contribution in [0.25, 0.3) is 0 Å². The Bertz CT molecular complexity index is 135. The number of rotatable bonds is 7. The second-order valence-electron chi connectivity index (χ2n) is 3.25. The minimum absolute atomic E-state index is 0.0420. The first kappa shape index (κ1) is 13.2. The molecule has 1 unspecified atom stereocenters. The summed E-state index contributed by atoms with van der Waals surface area (Å²) in [6, 6.07) is 0. The Labute approximate surface area is 94.6 Å². The van der Waals surface area contributed by atoms with E-state index in [9.17, 15) is 4.79 Å². The summed E-state index contributed by atoms with van der Waals surface area (Å²) in [6.07, 6.45) is 4.81. The van der Waals surface area contributed by atoms with Crippen molar-refractivity contribution in [1.82, 2.24) is 0 Å². The molecule has 2 nitrogen and oxygen atoms in total. The summed E-state index contributed by atoms with van der Waals surface area (Å²) in [7, 11) is 0. The monoisotopic (exact) mass is 298 g/mol. The quantitative estimate of drug-likeness (QED) is 0.312. The maximum Gasteiger partial charge on any atom is 0.305 e. The standard InChI is InChI=1S/C10H19IO2/c1-3-4-5-8-13-10(12)7-6-9(2)11/h9H,3-8H2,1-2H3. The van der Waals surface area contributed by atoms with Gasteiger partial charge in [0, 0.05) is 10.3 Å². The molecule has 0 fully saturated rings. The molecule has 0 saturated heterocycles. The van der Waals surface area contributed by atoms with Crippen molar-refractivity contribution >= 4 is 28.6 Å². The van der Waals surface area contributed by atoms with Gasteiger partial charge in [0.2, 0.25) is 0 Å². The van der Waals surface area contributed by atoms with Gasteiger partial charge in [0.25, 0.3) is 0 Å². The third-order valence-electron chi connectivity index (χ3n) is 1.76. The van der Waals surface area contributed by atoms with Crippen LogP contribution in [0, 0.1) is 0 Å². The van der Waals surface area contributed by atoms with Crippen LogP contribution in [-0.2, 0) is 9.53 Å². The zero-order valence-corrected chi connectivity index (χ0v) is 10.7. The van der Waals surface area contributed by atoms with E-state index in [0.717, 1.165) is 19.3 Å². The van der Waals surface area contributed by atoms with E-state index in [2.05, 4.69) is 36.4 Å². The van der Waals surface area contributed by atoms with E-state index < -0.39 is 0 Å². The summed E-state index contributed by atoms with van der Waals surface area (Å²) < 4.78 is 5.61. The predicted octanol–water partition coefficient (Wildman–Crippen LogP) is 3.32. The lowest BCUT2D eigenvalue weighted by molar-refractivity contribution is -0.143. The molecule has 1 atom stereocenters. The number of esters is 1. The highest BCUT2D eigenvalue weighted by molar-refractivity contribution is 14.1. The summed E-state index contributed by atoms with van der Waals surface area (Å²) in [4.78, 5) is 11.1. The topological polar surface area (TPSA) is 26.3 Å². The molecule has 0 rings (SSSR count). The van der Waals surface area contributed by atoms with Crippen LogP contribution < -0.4 is 0 Å². The van der Waals surface area contributed by atoms with Gasteiger partial charge in [0.15, 0.2) is 0 Å². The molecule has 13 heavy (non-hydrogen) atoms. The third-order valence-corrected chi connectivity index (χ3v) is 2.38. The number of hydrogen-bond donors (Lipinski definition) is 0. The Hall–Kier alpha value is 0.200. The smallest absolute Gasteiger partial charge is 0.305 e. The van der Waals surface area contributed by atoms with E-state index in [1.807, 2.05) is 0 Å². The predicted molar refractivity (Wildman–Crippen MR) is 63.2 cm³/mol. The molecule has 0 aromatic heterocycles. The Morgan fingerprint density at radius 2 is 2.15 bits per heavy atom. The van der Waals surface area contributed by atoms with E-state index >= 15 is 0 Å². The number of alkyl halides is 1. The highest BCUT2D eigenvalue weighted by Gasteiger charge is 2.04. The molecule has 0 spiro atoms. The van der Waals surface area contributed by atoms with Gasteiger partial charge in [-0.2, -0.15) is 0 Å². The van der Waals surface area contributed by atoms with Crippen molar-refractivity contribution < 1.29 is 9.53 Å². The Morgan fingerprint density at radius 1 is 1.46 bits per heavy atom. The molecule has 0 bridgehead atoms. The fraction of sp³-hybridized carbons (Fsp3) is 0.900. The fourth-order valence-electron chi connectivity index (χ4n) is 0.927. The molecule has 0 aliphatic heterocycles. The van der Waals surface area contributed by atoms with E-state index in [0.29, 0.717) is 17.0 Å². The summed E-state index contributed by atoms with van der Waals surface area (Å²) in [6.45, 7) is 4.84. The first-order chi connectivity index (χ1) is 6.16. The minimum atomic E-state index is -0.0420. The van der Waals surface area contributed by atoms with Gasteiger partial charge in [-0.25, -0.2) is 0 Å².